The lowest BCUT2D eigenvalue weighted by Gasteiger charge is -2.35. The molecule has 2 heterocycles. The Balaban J connectivity index is 2.29. The lowest BCUT2D eigenvalue weighted by molar-refractivity contribution is -0.129. The zero-order chi connectivity index (χ0) is 15.4. The molecule has 1 aromatic heterocycles. The van der Waals surface area contributed by atoms with Crippen molar-refractivity contribution in [3.63, 3.8) is 0 Å². The number of nitrogens with one attached hydrogen (secondary N) is 1. The van der Waals surface area contributed by atoms with Crippen LogP contribution in [0.5, 0.6) is 0 Å². The first-order chi connectivity index (χ1) is 10.0. The topological polar surface area (TPSA) is 92.1 Å². The van der Waals surface area contributed by atoms with E-state index in [-0.39, 0.29) is 11.9 Å². The van der Waals surface area contributed by atoms with E-state index in [4.69, 9.17) is 5.73 Å². The van der Waals surface area contributed by atoms with Crippen molar-refractivity contribution < 1.29 is 9.59 Å². The predicted octanol–water partition coefficient (Wildman–Crippen LogP) is 1.92. The van der Waals surface area contributed by atoms with Gasteiger partial charge in [0.05, 0.1) is 23.5 Å². The van der Waals surface area contributed by atoms with E-state index in [2.05, 4.69) is 10.2 Å². The second kappa shape index (κ2) is 6.56. The molecule has 1 aliphatic rings. The maximum atomic E-state index is 12.5. The molecule has 0 aliphatic carbocycles. The van der Waals surface area contributed by atoms with Crippen molar-refractivity contribution >= 4 is 11.8 Å². The van der Waals surface area contributed by atoms with Gasteiger partial charge in [-0.1, -0.05) is 12.5 Å². The van der Waals surface area contributed by atoms with Crippen molar-refractivity contribution in [2.24, 2.45) is 5.73 Å². The number of amides is 2. The van der Waals surface area contributed by atoms with Gasteiger partial charge >= 0.3 is 0 Å². The Morgan fingerprint density at radius 1 is 1.52 bits per heavy atom. The molecule has 1 atom stereocenters. The average Bonchev–Trinajstić information content (AvgIpc) is 2.96. The molecule has 1 aromatic rings. The highest BCUT2D eigenvalue weighted by molar-refractivity contribution is 5.94. The number of allylic oxidation sites excluding steroid dienone is 1. The Bertz CT molecular complexity index is 562. The zero-order valence-corrected chi connectivity index (χ0v) is 12.6. The number of aromatic amines is 1. The van der Waals surface area contributed by atoms with E-state index < -0.39 is 5.91 Å². The summed E-state index contributed by atoms with van der Waals surface area (Å²) in [6.07, 6.45) is 6.76. The predicted molar refractivity (Wildman–Crippen MR) is 79.5 cm³/mol. The SMILES string of the molecule is CC/C(C)=C/C(=O)N1CCCCC1c1[nH]ncc1C(N)=O. The molecule has 0 spiro atoms. The summed E-state index contributed by atoms with van der Waals surface area (Å²) in [4.78, 5) is 25.7. The van der Waals surface area contributed by atoms with Crippen LogP contribution in [-0.2, 0) is 4.79 Å². The third-order valence-corrected chi connectivity index (χ3v) is 3.98. The summed E-state index contributed by atoms with van der Waals surface area (Å²) < 4.78 is 0. The quantitative estimate of drug-likeness (QED) is 0.830. The van der Waals surface area contributed by atoms with Gasteiger partial charge in [-0.2, -0.15) is 5.10 Å². The molecule has 6 nitrogen and oxygen atoms in total. The number of primary amides is 1. The Labute approximate surface area is 124 Å². The van der Waals surface area contributed by atoms with Crippen LogP contribution in [0.15, 0.2) is 17.8 Å². The van der Waals surface area contributed by atoms with Gasteiger partial charge in [0.15, 0.2) is 0 Å². The van der Waals surface area contributed by atoms with Crippen molar-refractivity contribution in [3.8, 4) is 0 Å². The normalized spacial score (nSPS) is 19.6. The summed E-state index contributed by atoms with van der Waals surface area (Å²) in [5.41, 5.74) is 7.44. The minimum absolute atomic E-state index is 0.0101. The van der Waals surface area contributed by atoms with Gasteiger partial charge < -0.3 is 10.6 Å². The number of rotatable bonds is 4. The van der Waals surface area contributed by atoms with Crippen molar-refractivity contribution in [1.29, 1.82) is 0 Å². The van der Waals surface area contributed by atoms with Gasteiger partial charge in [-0.05, 0) is 32.6 Å². The van der Waals surface area contributed by atoms with Crippen LogP contribution in [0.3, 0.4) is 0 Å². The average molecular weight is 290 g/mol. The number of nitrogens with two attached hydrogens (primary N) is 1. The lowest BCUT2D eigenvalue weighted by atomic mass is 9.96. The lowest BCUT2D eigenvalue weighted by Crippen LogP contribution is -2.38. The van der Waals surface area contributed by atoms with Gasteiger partial charge in [-0.3, -0.25) is 14.7 Å². The molecular weight excluding hydrogens is 268 g/mol. The van der Waals surface area contributed by atoms with E-state index in [1.165, 1.54) is 6.20 Å². The minimum atomic E-state index is -0.517. The van der Waals surface area contributed by atoms with E-state index in [1.807, 2.05) is 18.7 Å². The molecule has 0 radical (unpaired) electrons. The molecular formula is C15H22N4O2. The highest BCUT2D eigenvalue weighted by Gasteiger charge is 2.30. The van der Waals surface area contributed by atoms with E-state index in [0.717, 1.165) is 31.3 Å². The van der Waals surface area contributed by atoms with Gasteiger partial charge in [-0.15, -0.1) is 0 Å². The summed E-state index contributed by atoms with van der Waals surface area (Å²) in [6.45, 7) is 4.66. The Hall–Kier alpha value is -2.11. The molecule has 1 fully saturated rings. The van der Waals surface area contributed by atoms with Gasteiger partial charge in [-0.25, -0.2) is 0 Å². The van der Waals surface area contributed by atoms with Crippen LogP contribution in [0.1, 0.15) is 61.6 Å². The van der Waals surface area contributed by atoms with Crippen LogP contribution in [0.25, 0.3) is 0 Å². The first-order valence-electron chi connectivity index (χ1n) is 7.35. The van der Waals surface area contributed by atoms with Gasteiger partial charge in [0, 0.05) is 12.6 Å². The number of H-pyrrole nitrogens is 1. The van der Waals surface area contributed by atoms with Crippen LogP contribution in [0.4, 0.5) is 0 Å². The summed E-state index contributed by atoms with van der Waals surface area (Å²) in [5, 5.41) is 6.75. The van der Waals surface area contributed by atoms with Crippen LogP contribution < -0.4 is 5.73 Å². The van der Waals surface area contributed by atoms with E-state index in [1.54, 1.807) is 6.08 Å². The fourth-order valence-corrected chi connectivity index (χ4v) is 2.64. The van der Waals surface area contributed by atoms with Crippen molar-refractivity contribution in [1.82, 2.24) is 15.1 Å². The fourth-order valence-electron chi connectivity index (χ4n) is 2.64. The Morgan fingerprint density at radius 2 is 2.29 bits per heavy atom. The molecule has 3 N–H and O–H groups in total. The highest BCUT2D eigenvalue weighted by Crippen LogP contribution is 2.31. The standard InChI is InChI=1S/C15H22N4O2/c1-3-10(2)8-13(20)19-7-5-4-6-12(19)14-11(15(16)21)9-17-18-14/h8-9,12H,3-7H2,1-2H3,(H2,16,21)(H,17,18)/b10-8+. The van der Waals surface area contributed by atoms with E-state index in [9.17, 15) is 9.59 Å². The number of hydrogen-bond donors (Lipinski definition) is 2. The number of piperidine rings is 1. The highest BCUT2D eigenvalue weighted by atomic mass is 16.2. The number of likely N-dealkylation sites (tertiary alicyclic amines) is 1. The third kappa shape index (κ3) is 3.32. The summed E-state index contributed by atoms with van der Waals surface area (Å²) in [7, 11) is 0. The maximum absolute atomic E-state index is 12.5. The Morgan fingerprint density at radius 3 is 2.95 bits per heavy atom. The van der Waals surface area contributed by atoms with Gasteiger partial charge in [0.2, 0.25) is 5.91 Å². The Kier molecular flexibility index (Phi) is 4.77. The van der Waals surface area contributed by atoms with Crippen LogP contribution in [0.2, 0.25) is 0 Å². The van der Waals surface area contributed by atoms with Crippen LogP contribution in [0, 0.1) is 0 Å². The minimum Gasteiger partial charge on any atom is -0.365 e. The first-order valence-corrected chi connectivity index (χ1v) is 7.35. The monoisotopic (exact) mass is 290 g/mol. The molecule has 0 bridgehead atoms. The molecule has 6 heteroatoms. The molecule has 1 unspecified atom stereocenters. The molecule has 0 aromatic carbocycles. The second-order valence-electron chi connectivity index (χ2n) is 5.45. The summed E-state index contributed by atoms with van der Waals surface area (Å²) in [6, 6.07) is -0.155. The van der Waals surface area contributed by atoms with Gasteiger partial charge in [0.1, 0.15) is 0 Å². The molecule has 21 heavy (non-hydrogen) atoms. The molecule has 114 valence electrons. The fraction of sp³-hybridized carbons (Fsp3) is 0.533. The molecule has 0 saturated carbocycles. The van der Waals surface area contributed by atoms with Gasteiger partial charge in [0.25, 0.3) is 5.91 Å². The molecule has 1 aliphatic heterocycles. The third-order valence-electron chi connectivity index (χ3n) is 3.98. The van der Waals surface area contributed by atoms with E-state index >= 15 is 0 Å². The van der Waals surface area contributed by atoms with Crippen molar-refractivity contribution in [2.45, 2.75) is 45.6 Å². The number of aromatic nitrogens is 2. The number of carbonyl (C=O) groups excluding carboxylic acids is 2. The van der Waals surface area contributed by atoms with Crippen molar-refractivity contribution in [2.75, 3.05) is 6.54 Å². The smallest absolute Gasteiger partial charge is 0.252 e. The number of hydrogen-bond acceptors (Lipinski definition) is 3. The van der Waals surface area contributed by atoms with Crippen LogP contribution >= 0.6 is 0 Å². The van der Waals surface area contributed by atoms with Crippen LogP contribution in [-0.4, -0.2) is 33.5 Å². The molecule has 2 rings (SSSR count). The van der Waals surface area contributed by atoms with E-state index in [0.29, 0.717) is 17.8 Å². The number of carbonyl (C=O) groups is 2. The molecule has 1 saturated heterocycles. The summed E-state index contributed by atoms with van der Waals surface area (Å²) in [5.74, 6) is -0.527. The largest absolute Gasteiger partial charge is 0.365 e. The maximum Gasteiger partial charge on any atom is 0.252 e. The second-order valence-corrected chi connectivity index (χ2v) is 5.45. The van der Waals surface area contributed by atoms with Crippen molar-refractivity contribution in [3.05, 3.63) is 29.1 Å². The number of nitrogens with zero attached hydrogens (tertiary/aromatic N) is 2. The summed E-state index contributed by atoms with van der Waals surface area (Å²) >= 11 is 0. The zero-order valence-electron chi connectivity index (χ0n) is 12.6. The molecule has 2 amide bonds. The first kappa shape index (κ1) is 15.3.